The second-order valence-electron chi connectivity index (χ2n) is 5.41. The molecule has 0 aliphatic carbocycles. The molecule has 0 saturated carbocycles. The Kier molecular flexibility index (Phi) is 4.94. The van der Waals surface area contributed by atoms with Crippen molar-refractivity contribution in [1.82, 2.24) is 10.2 Å². The molecular formula is C16H21FN2O2. The first kappa shape index (κ1) is 15.5. The Morgan fingerprint density at radius 1 is 1.43 bits per heavy atom. The van der Waals surface area contributed by atoms with Gasteiger partial charge in [0.05, 0.1) is 12.0 Å². The third-order valence-corrected chi connectivity index (χ3v) is 3.97. The minimum atomic E-state index is -0.538. The van der Waals surface area contributed by atoms with Crippen molar-refractivity contribution in [2.45, 2.75) is 32.2 Å². The lowest BCUT2D eigenvalue weighted by molar-refractivity contribution is -0.141. The molecular weight excluding hydrogens is 271 g/mol. The molecule has 1 aliphatic heterocycles. The van der Waals surface area contributed by atoms with Crippen molar-refractivity contribution in [2.75, 3.05) is 13.6 Å². The van der Waals surface area contributed by atoms with Crippen LogP contribution < -0.4 is 5.32 Å². The van der Waals surface area contributed by atoms with Gasteiger partial charge in [-0.1, -0.05) is 25.1 Å². The molecule has 114 valence electrons. The van der Waals surface area contributed by atoms with E-state index in [0.29, 0.717) is 24.9 Å². The standard InChI is InChI=1S/C16H21FN2O2/c1-3-10-18-16(21)12-8-9-14(20)19(2)15(12)11-6-4-5-7-13(11)17/h4-7,12,15H,3,8-10H2,1-2H3,(H,18,21)/t12-,15+/m1/s1. The van der Waals surface area contributed by atoms with Crippen LogP contribution in [0.2, 0.25) is 0 Å². The summed E-state index contributed by atoms with van der Waals surface area (Å²) in [5.74, 6) is -0.944. The molecule has 1 aromatic carbocycles. The van der Waals surface area contributed by atoms with Crippen LogP contribution in [-0.4, -0.2) is 30.3 Å². The molecule has 0 aromatic heterocycles. The number of nitrogens with zero attached hydrogens (tertiary/aromatic N) is 1. The van der Waals surface area contributed by atoms with E-state index in [2.05, 4.69) is 5.32 Å². The first-order valence-electron chi connectivity index (χ1n) is 7.34. The number of rotatable bonds is 4. The van der Waals surface area contributed by atoms with Crippen molar-refractivity contribution in [3.63, 3.8) is 0 Å². The highest BCUT2D eigenvalue weighted by Crippen LogP contribution is 2.36. The lowest BCUT2D eigenvalue weighted by Crippen LogP contribution is -2.46. The van der Waals surface area contributed by atoms with E-state index < -0.39 is 12.0 Å². The second-order valence-corrected chi connectivity index (χ2v) is 5.41. The Balaban J connectivity index is 2.32. The van der Waals surface area contributed by atoms with Crippen molar-refractivity contribution < 1.29 is 14.0 Å². The third-order valence-electron chi connectivity index (χ3n) is 3.97. The van der Waals surface area contributed by atoms with E-state index in [-0.39, 0.29) is 17.6 Å². The number of carbonyl (C=O) groups excluding carboxylic acids is 2. The van der Waals surface area contributed by atoms with Gasteiger partial charge in [-0.2, -0.15) is 0 Å². The number of likely N-dealkylation sites (tertiary alicyclic amines) is 1. The maximum Gasteiger partial charge on any atom is 0.225 e. The summed E-state index contributed by atoms with van der Waals surface area (Å²) >= 11 is 0. The second kappa shape index (κ2) is 6.70. The molecule has 1 saturated heterocycles. The summed E-state index contributed by atoms with van der Waals surface area (Å²) in [6, 6.07) is 5.81. The van der Waals surface area contributed by atoms with E-state index in [1.807, 2.05) is 6.92 Å². The molecule has 0 bridgehead atoms. The Hall–Kier alpha value is -1.91. The Labute approximate surface area is 124 Å². The molecule has 21 heavy (non-hydrogen) atoms. The highest BCUT2D eigenvalue weighted by molar-refractivity contribution is 5.84. The van der Waals surface area contributed by atoms with Crippen molar-refractivity contribution in [3.05, 3.63) is 35.6 Å². The first-order valence-corrected chi connectivity index (χ1v) is 7.34. The van der Waals surface area contributed by atoms with Crippen LogP contribution in [0.3, 0.4) is 0 Å². The van der Waals surface area contributed by atoms with Gasteiger partial charge in [0.2, 0.25) is 11.8 Å². The summed E-state index contributed by atoms with van der Waals surface area (Å²) in [4.78, 5) is 25.8. The van der Waals surface area contributed by atoms with Gasteiger partial charge in [0.1, 0.15) is 5.82 Å². The summed E-state index contributed by atoms with van der Waals surface area (Å²) < 4.78 is 14.1. The zero-order valence-corrected chi connectivity index (χ0v) is 12.4. The molecule has 1 fully saturated rings. The van der Waals surface area contributed by atoms with E-state index in [9.17, 15) is 14.0 Å². The van der Waals surface area contributed by atoms with Crippen LogP contribution in [0.1, 0.15) is 37.8 Å². The summed E-state index contributed by atoms with van der Waals surface area (Å²) in [5, 5.41) is 2.86. The highest BCUT2D eigenvalue weighted by atomic mass is 19.1. The van der Waals surface area contributed by atoms with Gasteiger partial charge < -0.3 is 10.2 Å². The first-order chi connectivity index (χ1) is 10.1. The number of carbonyl (C=O) groups is 2. The fourth-order valence-corrected chi connectivity index (χ4v) is 2.83. The van der Waals surface area contributed by atoms with E-state index in [1.165, 1.54) is 11.0 Å². The van der Waals surface area contributed by atoms with E-state index in [4.69, 9.17) is 0 Å². The summed E-state index contributed by atoms with van der Waals surface area (Å²) in [6.45, 7) is 2.57. The number of benzene rings is 1. The molecule has 4 nitrogen and oxygen atoms in total. The average molecular weight is 292 g/mol. The number of nitrogens with one attached hydrogen (secondary N) is 1. The summed E-state index contributed by atoms with van der Waals surface area (Å²) in [6.07, 6.45) is 1.63. The fraction of sp³-hybridized carbons (Fsp3) is 0.500. The number of hydrogen-bond donors (Lipinski definition) is 1. The van der Waals surface area contributed by atoms with Crippen LogP contribution in [0.15, 0.2) is 24.3 Å². The molecule has 2 rings (SSSR count). The molecule has 1 aliphatic rings. The van der Waals surface area contributed by atoms with Crippen LogP contribution in [0.4, 0.5) is 4.39 Å². The minimum absolute atomic E-state index is 0.0530. The Morgan fingerprint density at radius 3 is 2.81 bits per heavy atom. The monoisotopic (exact) mass is 292 g/mol. The lowest BCUT2D eigenvalue weighted by Gasteiger charge is -2.38. The Bertz CT molecular complexity index is 533. The molecule has 2 amide bonds. The minimum Gasteiger partial charge on any atom is -0.356 e. The molecule has 2 atom stereocenters. The van der Waals surface area contributed by atoms with Crippen LogP contribution in [0.25, 0.3) is 0 Å². The maximum absolute atomic E-state index is 14.1. The zero-order chi connectivity index (χ0) is 15.4. The van der Waals surface area contributed by atoms with E-state index in [1.54, 1.807) is 25.2 Å². The van der Waals surface area contributed by atoms with Gasteiger partial charge in [0.15, 0.2) is 0 Å². The van der Waals surface area contributed by atoms with Gasteiger partial charge in [-0.15, -0.1) is 0 Å². The van der Waals surface area contributed by atoms with Crippen LogP contribution in [0, 0.1) is 11.7 Å². The van der Waals surface area contributed by atoms with E-state index in [0.717, 1.165) is 6.42 Å². The van der Waals surface area contributed by atoms with E-state index >= 15 is 0 Å². The number of piperidine rings is 1. The number of halogens is 1. The SMILES string of the molecule is CCCNC(=O)[C@@H]1CCC(=O)N(C)[C@H]1c1ccccc1F. The number of amides is 2. The van der Waals surface area contributed by atoms with Crippen molar-refractivity contribution in [1.29, 1.82) is 0 Å². The Morgan fingerprint density at radius 2 is 2.14 bits per heavy atom. The predicted molar refractivity (Wildman–Crippen MR) is 77.9 cm³/mol. The van der Waals surface area contributed by atoms with Crippen molar-refractivity contribution in [2.24, 2.45) is 5.92 Å². The topological polar surface area (TPSA) is 49.4 Å². The van der Waals surface area contributed by atoms with Gasteiger partial charge in [-0.3, -0.25) is 9.59 Å². The third kappa shape index (κ3) is 3.23. The summed E-state index contributed by atoms with van der Waals surface area (Å²) in [7, 11) is 1.64. The highest BCUT2D eigenvalue weighted by Gasteiger charge is 2.39. The lowest BCUT2D eigenvalue weighted by atomic mass is 9.83. The van der Waals surface area contributed by atoms with Crippen LogP contribution >= 0.6 is 0 Å². The van der Waals surface area contributed by atoms with Crippen molar-refractivity contribution >= 4 is 11.8 Å². The van der Waals surface area contributed by atoms with Crippen molar-refractivity contribution in [3.8, 4) is 0 Å². The van der Waals surface area contributed by atoms with Gasteiger partial charge in [0.25, 0.3) is 0 Å². The molecule has 0 unspecified atom stereocenters. The molecule has 0 spiro atoms. The average Bonchev–Trinajstić information content (AvgIpc) is 2.48. The van der Waals surface area contributed by atoms with Crippen LogP contribution in [-0.2, 0) is 9.59 Å². The zero-order valence-electron chi connectivity index (χ0n) is 12.4. The van der Waals surface area contributed by atoms with Gasteiger partial charge >= 0.3 is 0 Å². The number of hydrogen-bond acceptors (Lipinski definition) is 2. The fourth-order valence-electron chi connectivity index (χ4n) is 2.83. The molecule has 1 N–H and O–H groups in total. The maximum atomic E-state index is 14.1. The smallest absolute Gasteiger partial charge is 0.225 e. The molecule has 1 heterocycles. The molecule has 5 heteroatoms. The summed E-state index contributed by atoms with van der Waals surface area (Å²) in [5.41, 5.74) is 0.407. The molecule has 0 radical (unpaired) electrons. The van der Waals surface area contributed by atoms with Crippen LogP contribution in [0.5, 0.6) is 0 Å². The quantitative estimate of drug-likeness (QED) is 0.925. The van der Waals surface area contributed by atoms with Gasteiger partial charge in [-0.25, -0.2) is 4.39 Å². The van der Waals surface area contributed by atoms with Gasteiger partial charge in [-0.05, 0) is 18.9 Å². The predicted octanol–water partition coefficient (Wildman–Crippen LogP) is 2.26. The normalized spacial score (nSPS) is 22.2. The largest absolute Gasteiger partial charge is 0.356 e. The van der Waals surface area contributed by atoms with Gasteiger partial charge in [0, 0.05) is 25.6 Å². The molecule has 1 aromatic rings.